The molecule has 0 saturated carbocycles. The smallest absolute Gasteiger partial charge is 0.0700 e. The maximum atomic E-state index is 5.57. The third-order valence-electron chi connectivity index (χ3n) is 3.21. The molecule has 2 nitrogen and oxygen atoms in total. The van der Waals surface area contributed by atoms with E-state index in [4.69, 9.17) is 4.74 Å². The highest BCUT2D eigenvalue weighted by atomic mass is 16.5. The summed E-state index contributed by atoms with van der Waals surface area (Å²) < 4.78 is 5.57. The average molecular weight is 195 g/mol. The van der Waals surface area contributed by atoms with Crippen molar-refractivity contribution in [2.24, 2.45) is 5.92 Å². The first-order valence-electron chi connectivity index (χ1n) is 5.92. The third-order valence-corrected chi connectivity index (χ3v) is 3.21. The van der Waals surface area contributed by atoms with Crippen molar-refractivity contribution in [2.75, 3.05) is 19.7 Å². The molecule has 0 bridgehead atoms. The van der Waals surface area contributed by atoms with Gasteiger partial charge in [-0.3, -0.25) is 0 Å². The zero-order valence-electron chi connectivity index (χ0n) is 8.87. The van der Waals surface area contributed by atoms with Gasteiger partial charge in [0.05, 0.1) is 6.10 Å². The van der Waals surface area contributed by atoms with E-state index in [0.29, 0.717) is 6.10 Å². The number of hydrogen-bond donors (Lipinski definition) is 1. The molecule has 0 amide bonds. The van der Waals surface area contributed by atoms with Gasteiger partial charge in [-0.1, -0.05) is 12.2 Å². The molecular weight excluding hydrogens is 174 g/mol. The second-order valence-corrected chi connectivity index (χ2v) is 4.44. The summed E-state index contributed by atoms with van der Waals surface area (Å²) in [4.78, 5) is 0. The average Bonchev–Trinajstić information content (AvgIpc) is 2.72. The van der Waals surface area contributed by atoms with E-state index in [1.165, 1.54) is 38.6 Å². The lowest BCUT2D eigenvalue weighted by Crippen LogP contribution is -2.30. The predicted octanol–water partition coefficient (Wildman–Crippen LogP) is 2.11. The van der Waals surface area contributed by atoms with Gasteiger partial charge in [0.25, 0.3) is 0 Å². The van der Waals surface area contributed by atoms with Crippen molar-refractivity contribution in [1.82, 2.24) is 5.32 Å². The topological polar surface area (TPSA) is 21.3 Å². The Morgan fingerprint density at radius 2 is 2.21 bits per heavy atom. The lowest BCUT2D eigenvalue weighted by atomic mass is 9.94. The Hall–Kier alpha value is -0.340. The van der Waals surface area contributed by atoms with Crippen LogP contribution in [0.4, 0.5) is 0 Å². The van der Waals surface area contributed by atoms with Crippen molar-refractivity contribution in [2.45, 2.75) is 38.2 Å². The second kappa shape index (κ2) is 5.52. The molecule has 1 heterocycles. The number of nitrogens with one attached hydrogen (secondary N) is 1. The molecule has 0 radical (unpaired) electrons. The van der Waals surface area contributed by atoms with Crippen molar-refractivity contribution in [3.05, 3.63) is 12.2 Å². The van der Waals surface area contributed by atoms with E-state index < -0.39 is 0 Å². The molecule has 2 atom stereocenters. The highest BCUT2D eigenvalue weighted by Crippen LogP contribution is 2.17. The van der Waals surface area contributed by atoms with Crippen molar-refractivity contribution in [3.63, 3.8) is 0 Å². The molecule has 1 saturated heterocycles. The summed E-state index contributed by atoms with van der Waals surface area (Å²) in [7, 11) is 0. The number of allylic oxidation sites excluding steroid dienone is 2. The van der Waals surface area contributed by atoms with Crippen LogP contribution in [0, 0.1) is 5.92 Å². The summed E-state index contributed by atoms with van der Waals surface area (Å²) in [5.74, 6) is 0.862. The molecule has 2 rings (SSSR count). The molecule has 0 aromatic rings. The van der Waals surface area contributed by atoms with Gasteiger partial charge in [-0.2, -0.15) is 0 Å². The molecule has 80 valence electrons. The Labute approximate surface area is 86.7 Å². The van der Waals surface area contributed by atoms with Crippen LogP contribution in [0.1, 0.15) is 32.1 Å². The predicted molar refractivity (Wildman–Crippen MR) is 58.3 cm³/mol. The molecule has 14 heavy (non-hydrogen) atoms. The quantitative estimate of drug-likeness (QED) is 0.694. The fourth-order valence-electron chi connectivity index (χ4n) is 2.30. The van der Waals surface area contributed by atoms with Crippen LogP contribution in [-0.4, -0.2) is 25.8 Å². The van der Waals surface area contributed by atoms with E-state index >= 15 is 0 Å². The van der Waals surface area contributed by atoms with Gasteiger partial charge in [-0.25, -0.2) is 0 Å². The van der Waals surface area contributed by atoms with Crippen LogP contribution in [0.2, 0.25) is 0 Å². The van der Waals surface area contributed by atoms with Crippen molar-refractivity contribution >= 4 is 0 Å². The van der Waals surface area contributed by atoms with Crippen LogP contribution in [0.3, 0.4) is 0 Å². The van der Waals surface area contributed by atoms with Gasteiger partial charge in [0.1, 0.15) is 0 Å². The number of ether oxygens (including phenoxy) is 1. The number of hydrogen-bond acceptors (Lipinski definition) is 2. The minimum Gasteiger partial charge on any atom is -0.377 e. The fourth-order valence-corrected chi connectivity index (χ4v) is 2.30. The highest BCUT2D eigenvalue weighted by Gasteiger charge is 2.15. The van der Waals surface area contributed by atoms with Crippen molar-refractivity contribution < 1.29 is 4.74 Å². The molecular formula is C12H21NO. The maximum absolute atomic E-state index is 5.57. The Morgan fingerprint density at radius 1 is 1.21 bits per heavy atom. The first kappa shape index (κ1) is 10.2. The molecule has 1 aliphatic carbocycles. The molecule has 2 heteroatoms. The maximum Gasteiger partial charge on any atom is 0.0700 e. The lowest BCUT2D eigenvalue weighted by molar-refractivity contribution is 0.109. The van der Waals surface area contributed by atoms with Gasteiger partial charge in [0.2, 0.25) is 0 Å². The Kier molecular flexibility index (Phi) is 4.02. The molecule has 0 spiro atoms. The summed E-state index contributed by atoms with van der Waals surface area (Å²) in [5, 5.41) is 3.54. The van der Waals surface area contributed by atoms with Gasteiger partial charge in [0.15, 0.2) is 0 Å². The van der Waals surface area contributed by atoms with Crippen LogP contribution in [0.5, 0.6) is 0 Å². The standard InChI is InChI=1S/C12H21NO/c1-2-5-11(6-3-1)9-13-10-12-7-4-8-14-12/h1-2,11-13H,3-10H2/t11-,12-/m1/s1. The van der Waals surface area contributed by atoms with Crippen molar-refractivity contribution in [1.29, 1.82) is 0 Å². The van der Waals surface area contributed by atoms with E-state index in [9.17, 15) is 0 Å². The van der Waals surface area contributed by atoms with Crippen LogP contribution in [0.25, 0.3) is 0 Å². The summed E-state index contributed by atoms with van der Waals surface area (Å²) in [6.45, 7) is 3.20. The summed E-state index contributed by atoms with van der Waals surface area (Å²) >= 11 is 0. The van der Waals surface area contributed by atoms with Gasteiger partial charge >= 0.3 is 0 Å². The number of rotatable bonds is 4. The minimum absolute atomic E-state index is 0.495. The third kappa shape index (κ3) is 3.10. The minimum atomic E-state index is 0.495. The van der Waals surface area contributed by atoms with Crippen LogP contribution in [0.15, 0.2) is 12.2 Å². The molecule has 1 fully saturated rings. The summed E-state index contributed by atoms with van der Waals surface area (Å²) in [6, 6.07) is 0. The van der Waals surface area contributed by atoms with Crippen LogP contribution >= 0.6 is 0 Å². The van der Waals surface area contributed by atoms with Crippen molar-refractivity contribution in [3.8, 4) is 0 Å². The van der Waals surface area contributed by atoms with Gasteiger partial charge in [0, 0.05) is 13.2 Å². The summed E-state index contributed by atoms with van der Waals surface area (Å²) in [6.07, 6.45) is 11.5. The first-order chi connectivity index (χ1) is 6.95. The lowest BCUT2D eigenvalue weighted by Gasteiger charge is -2.19. The largest absolute Gasteiger partial charge is 0.377 e. The van der Waals surface area contributed by atoms with Crippen LogP contribution < -0.4 is 5.32 Å². The molecule has 1 N–H and O–H groups in total. The Morgan fingerprint density at radius 3 is 2.93 bits per heavy atom. The molecule has 0 aromatic carbocycles. The van der Waals surface area contributed by atoms with Crippen LogP contribution in [-0.2, 0) is 4.74 Å². The summed E-state index contributed by atoms with van der Waals surface area (Å²) in [5.41, 5.74) is 0. The molecule has 0 unspecified atom stereocenters. The van der Waals surface area contributed by atoms with E-state index in [0.717, 1.165) is 19.1 Å². The van der Waals surface area contributed by atoms with E-state index in [1.807, 2.05) is 0 Å². The zero-order chi connectivity index (χ0) is 9.64. The highest BCUT2D eigenvalue weighted by molar-refractivity contribution is 4.90. The van der Waals surface area contributed by atoms with Gasteiger partial charge in [-0.05, 0) is 44.6 Å². The van der Waals surface area contributed by atoms with Gasteiger partial charge in [-0.15, -0.1) is 0 Å². The van der Waals surface area contributed by atoms with E-state index in [-0.39, 0.29) is 0 Å². The molecule has 0 aromatic heterocycles. The zero-order valence-corrected chi connectivity index (χ0v) is 8.87. The Balaban J connectivity index is 1.55. The normalized spacial score (nSPS) is 32.3. The second-order valence-electron chi connectivity index (χ2n) is 4.44. The van der Waals surface area contributed by atoms with Gasteiger partial charge < -0.3 is 10.1 Å². The van der Waals surface area contributed by atoms with E-state index in [1.54, 1.807) is 0 Å². The SMILES string of the molecule is C1=CC[C@@H](CNC[C@H]2CCCO2)CC1. The monoisotopic (exact) mass is 195 g/mol. The Bertz CT molecular complexity index is 185. The molecule has 1 aliphatic heterocycles. The fraction of sp³-hybridized carbons (Fsp3) is 0.833. The molecule has 2 aliphatic rings. The van der Waals surface area contributed by atoms with E-state index in [2.05, 4.69) is 17.5 Å². The first-order valence-corrected chi connectivity index (χ1v) is 5.92.